The smallest absolute Gasteiger partial charge is 0.321 e. The Labute approximate surface area is 52.7 Å². The zero-order valence-corrected chi connectivity index (χ0v) is 5.07. The number of hydrogen-bond acceptors (Lipinski definition) is 3. The monoisotopic (exact) mass is 131 g/mol. The summed E-state index contributed by atoms with van der Waals surface area (Å²) in [6, 6.07) is -1.07. The molecule has 0 aliphatic carbocycles. The molecule has 0 aromatic heterocycles. The SMILES string of the molecule is C[C@@H](C=O)[C@H](N)C(=O)O. The van der Waals surface area contributed by atoms with Crippen molar-refractivity contribution in [3.63, 3.8) is 0 Å². The zero-order chi connectivity index (χ0) is 7.44. The number of rotatable bonds is 3. The fourth-order valence-electron chi connectivity index (χ4n) is 0.310. The number of aldehydes is 1. The summed E-state index contributed by atoms with van der Waals surface area (Å²) in [4.78, 5) is 19.9. The standard InChI is InChI=1S/C5H9NO3/c1-3(2-7)4(6)5(8)9/h2-4H,6H2,1H3,(H,8,9)/t3-,4-/m0/s1. The van der Waals surface area contributed by atoms with Crippen molar-refractivity contribution in [2.75, 3.05) is 0 Å². The number of aliphatic carboxylic acids is 1. The maximum absolute atomic E-state index is 10.0. The van der Waals surface area contributed by atoms with Crippen LogP contribution in [-0.2, 0) is 9.59 Å². The van der Waals surface area contributed by atoms with Crippen molar-refractivity contribution in [1.29, 1.82) is 0 Å². The van der Waals surface area contributed by atoms with Crippen LogP contribution in [0.3, 0.4) is 0 Å². The quantitative estimate of drug-likeness (QED) is 0.493. The van der Waals surface area contributed by atoms with Crippen molar-refractivity contribution in [1.82, 2.24) is 0 Å². The summed E-state index contributed by atoms with van der Waals surface area (Å²) in [7, 11) is 0. The van der Waals surface area contributed by atoms with E-state index >= 15 is 0 Å². The Morgan fingerprint density at radius 3 is 2.33 bits per heavy atom. The predicted octanol–water partition coefficient (Wildman–Crippen LogP) is -0.767. The van der Waals surface area contributed by atoms with Gasteiger partial charge in [-0.05, 0) is 0 Å². The first-order chi connectivity index (χ1) is 4.09. The largest absolute Gasteiger partial charge is 0.480 e. The Kier molecular flexibility index (Phi) is 2.87. The maximum atomic E-state index is 10.0. The van der Waals surface area contributed by atoms with Gasteiger partial charge in [-0.3, -0.25) is 4.79 Å². The van der Waals surface area contributed by atoms with Gasteiger partial charge in [0.25, 0.3) is 0 Å². The van der Waals surface area contributed by atoms with Gasteiger partial charge in [-0.1, -0.05) is 6.92 Å². The van der Waals surface area contributed by atoms with E-state index < -0.39 is 17.9 Å². The molecule has 4 nitrogen and oxygen atoms in total. The van der Waals surface area contributed by atoms with E-state index in [0.29, 0.717) is 6.29 Å². The summed E-state index contributed by atoms with van der Waals surface area (Å²) in [5.41, 5.74) is 5.04. The Balaban J connectivity index is 3.86. The highest BCUT2D eigenvalue weighted by Crippen LogP contribution is 1.94. The first-order valence-electron chi connectivity index (χ1n) is 2.53. The molecule has 0 rings (SSSR count). The van der Waals surface area contributed by atoms with Gasteiger partial charge in [0.15, 0.2) is 0 Å². The second kappa shape index (κ2) is 3.19. The topological polar surface area (TPSA) is 80.4 Å². The van der Waals surface area contributed by atoms with Crippen LogP contribution in [-0.4, -0.2) is 23.4 Å². The highest BCUT2D eigenvalue weighted by atomic mass is 16.4. The summed E-state index contributed by atoms with van der Waals surface area (Å²) in [5.74, 6) is -1.75. The van der Waals surface area contributed by atoms with E-state index in [-0.39, 0.29) is 0 Å². The van der Waals surface area contributed by atoms with Crippen molar-refractivity contribution in [2.24, 2.45) is 11.7 Å². The molecule has 3 N–H and O–H groups in total. The van der Waals surface area contributed by atoms with Crippen LogP contribution in [0.15, 0.2) is 0 Å². The van der Waals surface area contributed by atoms with E-state index in [0.717, 1.165) is 0 Å². The Bertz CT molecular complexity index is 123. The number of carboxylic acid groups (broad SMARTS) is 1. The van der Waals surface area contributed by atoms with Crippen molar-refractivity contribution >= 4 is 12.3 Å². The van der Waals surface area contributed by atoms with Crippen LogP contribution in [0.25, 0.3) is 0 Å². The molecule has 4 heteroatoms. The molecule has 0 amide bonds. The molecule has 0 aliphatic heterocycles. The molecule has 0 heterocycles. The van der Waals surface area contributed by atoms with Gasteiger partial charge in [-0.25, -0.2) is 0 Å². The van der Waals surface area contributed by atoms with Gasteiger partial charge in [0.05, 0.1) is 0 Å². The molecular formula is C5H9NO3. The first-order valence-corrected chi connectivity index (χ1v) is 2.53. The van der Waals surface area contributed by atoms with Crippen LogP contribution in [0.1, 0.15) is 6.92 Å². The van der Waals surface area contributed by atoms with Crippen LogP contribution >= 0.6 is 0 Å². The molecule has 9 heavy (non-hydrogen) atoms. The zero-order valence-electron chi connectivity index (χ0n) is 5.07. The average Bonchev–Trinajstić information content (AvgIpc) is 1.84. The normalized spacial score (nSPS) is 16.2. The molecular weight excluding hydrogens is 122 g/mol. The lowest BCUT2D eigenvalue weighted by atomic mass is 10.1. The lowest BCUT2D eigenvalue weighted by molar-refractivity contribution is -0.140. The van der Waals surface area contributed by atoms with Crippen molar-refractivity contribution in [3.8, 4) is 0 Å². The molecule has 0 aliphatic rings. The highest BCUT2D eigenvalue weighted by Gasteiger charge is 2.18. The fourth-order valence-corrected chi connectivity index (χ4v) is 0.310. The third-order valence-corrected chi connectivity index (χ3v) is 1.07. The van der Waals surface area contributed by atoms with Gasteiger partial charge in [0, 0.05) is 5.92 Å². The first kappa shape index (κ1) is 8.10. The minimum absolute atomic E-state index is 0.527. The second-order valence-corrected chi connectivity index (χ2v) is 1.86. The van der Waals surface area contributed by atoms with E-state index in [1.54, 1.807) is 0 Å². The van der Waals surface area contributed by atoms with E-state index in [4.69, 9.17) is 10.8 Å². The lowest BCUT2D eigenvalue weighted by Gasteiger charge is -2.06. The number of nitrogens with two attached hydrogens (primary N) is 1. The van der Waals surface area contributed by atoms with Gasteiger partial charge in [-0.2, -0.15) is 0 Å². The van der Waals surface area contributed by atoms with Crippen molar-refractivity contribution in [2.45, 2.75) is 13.0 Å². The van der Waals surface area contributed by atoms with E-state index in [1.807, 2.05) is 0 Å². The summed E-state index contributed by atoms with van der Waals surface area (Å²) < 4.78 is 0. The number of hydrogen-bond donors (Lipinski definition) is 2. The molecule has 0 saturated carbocycles. The molecule has 0 saturated heterocycles. The minimum atomic E-state index is -1.14. The Morgan fingerprint density at radius 1 is 1.78 bits per heavy atom. The summed E-state index contributed by atoms with van der Waals surface area (Å²) >= 11 is 0. The molecule has 0 bridgehead atoms. The second-order valence-electron chi connectivity index (χ2n) is 1.86. The van der Waals surface area contributed by atoms with Gasteiger partial charge < -0.3 is 15.6 Å². The molecule has 0 aromatic rings. The fraction of sp³-hybridized carbons (Fsp3) is 0.600. The molecule has 2 atom stereocenters. The molecule has 52 valence electrons. The van der Waals surface area contributed by atoms with Gasteiger partial charge >= 0.3 is 5.97 Å². The third kappa shape index (κ3) is 2.23. The Hall–Kier alpha value is -0.900. The highest BCUT2D eigenvalue weighted by molar-refractivity contribution is 5.77. The Morgan fingerprint density at radius 2 is 2.22 bits per heavy atom. The molecule has 0 fully saturated rings. The van der Waals surface area contributed by atoms with Crippen LogP contribution in [0.4, 0.5) is 0 Å². The molecule has 0 unspecified atom stereocenters. The number of carbonyl (C=O) groups excluding carboxylic acids is 1. The average molecular weight is 131 g/mol. The minimum Gasteiger partial charge on any atom is -0.480 e. The van der Waals surface area contributed by atoms with E-state index in [1.165, 1.54) is 6.92 Å². The van der Waals surface area contributed by atoms with E-state index in [2.05, 4.69) is 0 Å². The number of carbonyl (C=O) groups is 2. The van der Waals surface area contributed by atoms with Gasteiger partial charge in [0.1, 0.15) is 12.3 Å². The van der Waals surface area contributed by atoms with Crippen LogP contribution in [0.2, 0.25) is 0 Å². The van der Waals surface area contributed by atoms with Crippen LogP contribution in [0.5, 0.6) is 0 Å². The molecule has 0 spiro atoms. The summed E-state index contributed by atoms with van der Waals surface area (Å²) in [6.45, 7) is 1.46. The molecule has 0 radical (unpaired) electrons. The van der Waals surface area contributed by atoms with Crippen molar-refractivity contribution < 1.29 is 14.7 Å². The summed E-state index contributed by atoms with van der Waals surface area (Å²) in [5, 5.41) is 8.20. The van der Waals surface area contributed by atoms with Crippen molar-refractivity contribution in [3.05, 3.63) is 0 Å². The van der Waals surface area contributed by atoms with Crippen LogP contribution in [0, 0.1) is 5.92 Å². The van der Waals surface area contributed by atoms with Crippen LogP contribution < -0.4 is 5.73 Å². The van der Waals surface area contributed by atoms with E-state index in [9.17, 15) is 9.59 Å². The predicted molar refractivity (Wildman–Crippen MR) is 30.8 cm³/mol. The summed E-state index contributed by atoms with van der Waals surface area (Å²) in [6.07, 6.45) is 0.527. The molecule has 0 aromatic carbocycles. The lowest BCUT2D eigenvalue weighted by Crippen LogP contribution is -2.37. The van der Waals surface area contributed by atoms with Gasteiger partial charge in [-0.15, -0.1) is 0 Å². The number of carboxylic acids is 1. The third-order valence-electron chi connectivity index (χ3n) is 1.07. The van der Waals surface area contributed by atoms with Gasteiger partial charge in [0.2, 0.25) is 0 Å². The maximum Gasteiger partial charge on any atom is 0.321 e.